The van der Waals surface area contributed by atoms with Crippen LogP contribution in [0.25, 0.3) is 0 Å². The smallest absolute Gasteiger partial charge is 0.0591 e. The van der Waals surface area contributed by atoms with Crippen LogP contribution in [0.2, 0.25) is 0 Å². The van der Waals surface area contributed by atoms with E-state index in [-0.39, 0.29) is 5.41 Å². The lowest BCUT2D eigenvalue weighted by molar-refractivity contribution is 0.113. The summed E-state index contributed by atoms with van der Waals surface area (Å²) in [4.78, 5) is 0. The Hall–Kier alpha value is -0.380. The van der Waals surface area contributed by atoms with Gasteiger partial charge in [-0.2, -0.15) is 0 Å². The van der Waals surface area contributed by atoms with Crippen molar-refractivity contribution < 1.29 is 4.74 Å². The van der Waals surface area contributed by atoms with E-state index in [4.69, 9.17) is 4.74 Å². The monoisotopic (exact) mass is 269 g/mol. The summed E-state index contributed by atoms with van der Waals surface area (Å²) in [7, 11) is 0. The molecular weight excluding hydrogens is 254 g/mol. The fourth-order valence-electron chi connectivity index (χ4n) is 1.91. The van der Waals surface area contributed by atoms with Crippen LogP contribution in [0, 0.1) is 0 Å². The van der Waals surface area contributed by atoms with E-state index < -0.39 is 0 Å². The maximum absolute atomic E-state index is 5.63. The first-order chi connectivity index (χ1) is 7.21. The summed E-state index contributed by atoms with van der Waals surface area (Å²) in [5, 5.41) is 3.42. The molecule has 1 saturated heterocycles. The van der Waals surface area contributed by atoms with Gasteiger partial charge in [-0.15, -0.1) is 0 Å². The van der Waals surface area contributed by atoms with Gasteiger partial charge in [-0.05, 0) is 17.7 Å². The Morgan fingerprint density at radius 2 is 2.33 bits per heavy atom. The van der Waals surface area contributed by atoms with Crippen molar-refractivity contribution in [3.63, 3.8) is 0 Å². The van der Waals surface area contributed by atoms with Crippen molar-refractivity contribution in [1.29, 1.82) is 0 Å². The quantitative estimate of drug-likeness (QED) is 0.845. The van der Waals surface area contributed by atoms with Crippen molar-refractivity contribution in [2.75, 3.05) is 26.3 Å². The van der Waals surface area contributed by atoms with Gasteiger partial charge in [0.1, 0.15) is 0 Å². The molecule has 0 saturated carbocycles. The molecule has 1 heterocycles. The van der Waals surface area contributed by atoms with Gasteiger partial charge in [-0.3, -0.25) is 0 Å². The topological polar surface area (TPSA) is 21.3 Å². The Morgan fingerprint density at radius 3 is 3.13 bits per heavy atom. The standard InChI is InChI=1S/C12H16BrNO/c1-12(8-14-5-6-15-9-12)10-3-2-4-11(13)7-10/h2-4,7,14H,5-6,8-9H2,1H3. The third-order valence-corrected chi connectivity index (χ3v) is 3.37. The lowest BCUT2D eigenvalue weighted by atomic mass is 9.83. The van der Waals surface area contributed by atoms with Gasteiger partial charge in [0.2, 0.25) is 0 Å². The molecule has 0 radical (unpaired) electrons. The molecular formula is C12H16BrNO. The van der Waals surface area contributed by atoms with Gasteiger partial charge in [0.25, 0.3) is 0 Å². The summed E-state index contributed by atoms with van der Waals surface area (Å²) in [6, 6.07) is 8.48. The summed E-state index contributed by atoms with van der Waals surface area (Å²) in [5.41, 5.74) is 1.41. The molecule has 1 unspecified atom stereocenters. The van der Waals surface area contributed by atoms with Gasteiger partial charge in [-0.1, -0.05) is 35.0 Å². The summed E-state index contributed by atoms with van der Waals surface area (Å²) >= 11 is 3.51. The van der Waals surface area contributed by atoms with Gasteiger partial charge in [0.05, 0.1) is 13.2 Å². The van der Waals surface area contributed by atoms with Crippen LogP contribution in [-0.2, 0) is 10.2 Å². The van der Waals surface area contributed by atoms with Crippen molar-refractivity contribution in [2.24, 2.45) is 0 Å². The van der Waals surface area contributed by atoms with Gasteiger partial charge in [-0.25, -0.2) is 0 Å². The van der Waals surface area contributed by atoms with Crippen molar-refractivity contribution in [3.05, 3.63) is 34.3 Å². The molecule has 2 rings (SSSR count). The third-order valence-electron chi connectivity index (χ3n) is 2.88. The van der Waals surface area contributed by atoms with E-state index in [9.17, 15) is 0 Å². The van der Waals surface area contributed by atoms with Crippen LogP contribution < -0.4 is 5.32 Å². The first-order valence-electron chi connectivity index (χ1n) is 5.25. The molecule has 1 fully saturated rings. The second-order valence-corrected chi connectivity index (χ2v) is 5.22. The Kier molecular flexibility index (Phi) is 3.44. The average Bonchev–Trinajstić information content (AvgIpc) is 2.44. The highest BCUT2D eigenvalue weighted by atomic mass is 79.9. The van der Waals surface area contributed by atoms with Crippen LogP contribution in [0.1, 0.15) is 12.5 Å². The van der Waals surface area contributed by atoms with E-state index in [1.54, 1.807) is 0 Å². The minimum atomic E-state index is 0.0836. The fraction of sp³-hybridized carbons (Fsp3) is 0.500. The average molecular weight is 270 g/mol. The van der Waals surface area contributed by atoms with E-state index >= 15 is 0 Å². The maximum atomic E-state index is 5.63. The number of benzene rings is 1. The number of halogens is 1. The SMILES string of the molecule is CC1(c2cccc(Br)c2)CNCCOC1. The number of nitrogens with one attached hydrogen (secondary N) is 1. The molecule has 1 aliphatic rings. The van der Waals surface area contributed by atoms with Crippen LogP contribution in [-0.4, -0.2) is 26.3 Å². The zero-order valence-electron chi connectivity index (χ0n) is 8.92. The molecule has 15 heavy (non-hydrogen) atoms. The molecule has 0 spiro atoms. The maximum Gasteiger partial charge on any atom is 0.0591 e. The first-order valence-corrected chi connectivity index (χ1v) is 6.04. The van der Waals surface area contributed by atoms with Crippen LogP contribution in [0.3, 0.4) is 0 Å². The predicted octanol–water partition coefficient (Wildman–Crippen LogP) is 2.33. The minimum absolute atomic E-state index is 0.0836. The third kappa shape index (κ3) is 2.60. The molecule has 82 valence electrons. The van der Waals surface area contributed by atoms with Gasteiger partial charge in [0, 0.05) is 23.0 Å². The molecule has 0 aliphatic carbocycles. The van der Waals surface area contributed by atoms with Gasteiger partial charge < -0.3 is 10.1 Å². The van der Waals surface area contributed by atoms with Crippen molar-refractivity contribution in [3.8, 4) is 0 Å². The molecule has 0 aromatic heterocycles. The number of rotatable bonds is 1. The van der Waals surface area contributed by atoms with Crippen LogP contribution in [0.4, 0.5) is 0 Å². The first kappa shape index (κ1) is 11.1. The summed E-state index contributed by atoms with van der Waals surface area (Å²) < 4.78 is 6.76. The van der Waals surface area contributed by atoms with Crippen molar-refractivity contribution in [2.45, 2.75) is 12.3 Å². The molecule has 1 N–H and O–H groups in total. The lowest BCUT2D eigenvalue weighted by Crippen LogP contribution is -2.36. The van der Waals surface area contributed by atoms with Crippen molar-refractivity contribution in [1.82, 2.24) is 5.32 Å². The zero-order chi connectivity index (χ0) is 10.7. The lowest BCUT2D eigenvalue weighted by Gasteiger charge is -2.28. The van der Waals surface area contributed by atoms with E-state index in [2.05, 4.69) is 52.4 Å². The number of ether oxygens (including phenoxy) is 1. The molecule has 1 aromatic carbocycles. The molecule has 2 nitrogen and oxygen atoms in total. The molecule has 0 amide bonds. The largest absolute Gasteiger partial charge is 0.379 e. The van der Waals surface area contributed by atoms with E-state index in [0.717, 1.165) is 30.8 Å². The summed E-state index contributed by atoms with van der Waals surface area (Å²) in [6.07, 6.45) is 0. The molecule has 1 aromatic rings. The molecule has 1 aliphatic heterocycles. The van der Waals surface area contributed by atoms with Gasteiger partial charge >= 0.3 is 0 Å². The highest BCUT2D eigenvalue weighted by molar-refractivity contribution is 9.10. The minimum Gasteiger partial charge on any atom is -0.379 e. The Labute approximate surface area is 99.1 Å². The Balaban J connectivity index is 2.26. The number of hydrogen-bond donors (Lipinski definition) is 1. The molecule has 0 bridgehead atoms. The van der Waals surface area contributed by atoms with Crippen LogP contribution in [0.5, 0.6) is 0 Å². The Bertz CT molecular complexity index is 332. The van der Waals surface area contributed by atoms with Crippen LogP contribution >= 0.6 is 15.9 Å². The Morgan fingerprint density at radius 1 is 1.47 bits per heavy atom. The van der Waals surface area contributed by atoms with E-state index in [0.29, 0.717) is 0 Å². The molecule has 1 atom stereocenters. The van der Waals surface area contributed by atoms with Crippen molar-refractivity contribution >= 4 is 15.9 Å². The van der Waals surface area contributed by atoms with Gasteiger partial charge in [0.15, 0.2) is 0 Å². The second kappa shape index (κ2) is 4.64. The fourth-order valence-corrected chi connectivity index (χ4v) is 2.31. The molecule has 3 heteroatoms. The van der Waals surface area contributed by atoms with E-state index in [1.807, 2.05) is 0 Å². The summed E-state index contributed by atoms with van der Waals surface area (Å²) in [6.45, 7) is 5.76. The highest BCUT2D eigenvalue weighted by Crippen LogP contribution is 2.26. The van der Waals surface area contributed by atoms with Crippen LogP contribution in [0.15, 0.2) is 28.7 Å². The van der Waals surface area contributed by atoms with E-state index in [1.165, 1.54) is 5.56 Å². The zero-order valence-corrected chi connectivity index (χ0v) is 10.5. The number of hydrogen-bond acceptors (Lipinski definition) is 2. The predicted molar refractivity (Wildman–Crippen MR) is 65.2 cm³/mol. The normalized spacial score (nSPS) is 27.3. The second-order valence-electron chi connectivity index (χ2n) is 4.30. The highest BCUT2D eigenvalue weighted by Gasteiger charge is 2.28. The summed E-state index contributed by atoms with van der Waals surface area (Å²) in [5.74, 6) is 0.